The van der Waals surface area contributed by atoms with E-state index >= 15 is 0 Å². The Morgan fingerprint density at radius 3 is 2.72 bits per heavy atom. The fraction of sp³-hybridized carbons (Fsp3) is 0.278. The third-order valence-corrected chi connectivity index (χ3v) is 4.59. The van der Waals surface area contributed by atoms with Gasteiger partial charge < -0.3 is 15.0 Å². The van der Waals surface area contributed by atoms with Gasteiger partial charge in [-0.3, -0.25) is 14.9 Å². The molecule has 0 bridgehead atoms. The highest BCUT2D eigenvalue weighted by Crippen LogP contribution is 2.31. The minimum atomic E-state index is -1.34. The number of urea groups is 1. The maximum Gasteiger partial charge on any atom is 0.322 e. The van der Waals surface area contributed by atoms with Crippen molar-refractivity contribution in [3.05, 3.63) is 53.6 Å². The van der Waals surface area contributed by atoms with E-state index in [2.05, 4.69) is 17.2 Å². The SMILES string of the molecule is C=C/C(=C\C)C1(CN2Cc3ccc(OC)cc3C2=O)NC(=O)NC1=O. The highest BCUT2D eigenvalue weighted by Gasteiger charge is 2.50. The van der Waals surface area contributed by atoms with Gasteiger partial charge in [0.25, 0.3) is 11.8 Å². The molecule has 2 aliphatic rings. The zero-order valence-corrected chi connectivity index (χ0v) is 14.1. The molecule has 1 atom stereocenters. The molecule has 1 aromatic carbocycles. The summed E-state index contributed by atoms with van der Waals surface area (Å²) in [6.07, 6.45) is 3.22. The molecular formula is C18H19N3O4. The highest BCUT2D eigenvalue weighted by molar-refractivity contribution is 6.10. The second-order valence-electron chi connectivity index (χ2n) is 5.95. The number of imide groups is 1. The lowest BCUT2D eigenvalue weighted by atomic mass is 9.88. The van der Waals surface area contributed by atoms with Crippen LogP contribution in [0.15, 0.2) is 42.5 Å². The summed E-state index contributed by atoms with van der Waals surface area (Å²) in [7, 11) is 1.54. The summed E-state index contributed by atoms with van der Waals surface area (Å²) in [5.74, 6) is -0.107. The number of fused-ring (bicyclic) bond motifs is 1. The molecule has 2 heterocycles. The van der Waals surface area contributed by atoms with Crippen LogP contribution in [0.5, 0.6) is 5.75 Å². The molecule has 1 fully saturated rings. The summed E-state index contributed by atoms with van der Waals surface area (Å²) in [6.45, 7) is 5.85. The normalized spacial score (nSPS) is 22.6. The van der Waals surface area contributed by atoms with Crippen LogP contribution in [0.2, 0.25) is 0 Å². The van der Waals surface area contributed by atoms with Crippen molar-refractivity contribution in [2.75, 3.05) is 13.7 Å². The maximum atomic E-state index is 12.8. The Balaban J connectivity index is 1.94. The first-order chi connectivity index (χ1) is 11.9. The van der Waals surface area contributed by atoms with Crippen molar-refractivity contribution in [1.29, 1.82) is 0 Å². The molecule has 1 unspecified atom stereocenters. The predicted molar refractivity (Wildman–Crippen MR) is 91.1 cm³/mol. The highest BCUT2D eigenvalue weighted by atomic mass is 16.5. The van der Waals surface area contributed by atoms with Gasteiger partial charge in [0.1, 0.15) is 5.75 Å². The summed E-state index contributed by atoms with van der Waals surface area (Å²) in [5.41, 5.74) is 0.596. The molecule has 130 valence electrons. The fourth-order valence-corrected chi connectivity index (χ4v) is 3.32. The van der Waals surface area contributed by atoms with Crippen molar-refractivity contribution < 1.29 is 19.1 Å². The summed E-state index contributed by atoms with van der Waals surface area (Å²) >= 11 is 0. The number of benzene rings is 1. The average molecular weight is 341 g/mol. The van der Waals surface area contributed by atoms with E-state index in [0.29, 0.717) is 23.4 Å². The number of nitrogens with one attached hydrogen (secondary N) is 2. The van der Waals surface area contributed by atoms with Gasteiger partial charge in [0.15, 0.2) is 5.54 Å². The molecule has 0 radical (unpaired) electrons. The molecule has 0 aromatic heterocycles. The van der Waals surface area contributed by atoms with Crippen molar-refractivity contribution in [2.45, 2.75) is 19.0 Å². The van der Waals surface area contributed by atoms with Gasteiger partial charge in [-0.15, -0.1) is 0 Å². The fourth-order valence-electron chi connectivity index (χ4n) is 3.32. The minimum Gasteiger partial charge on any atom is -0.497 e. The molecule has 2 aliphatic heterocycles. The van der Waals surface area contributed by atoms with Gasteiger partial charge in [-0.05, 0) is 30.2 Å². The monoisotopic (exact) mass is 341 g/mol. The standard InChI is InChI=1S/C18H19N3O4/c1-4-12(5-2)18(16(23)19-17(24)20-18)10-21-9-11-6-7-13(25-3)8-14(11)15(21)22/h4-8H,1,9-10H2,2-3H3,(H2,19,20,23,24)/b12-5+. The van der Waals surface area contributed by atoms with Gasteiger partial charge in [0, 0.05) is 12.1 Å². The van der Waals surface area contributed by atoms with Gasteiger partial charge in [0.2, 0.25) is 0 Å². The lowest BCUT2D eigenvalue weighted by Gasteiger charge is -2.31. The molecule has 1 aromatic rings. The van der Waals surface area contributed by atoms with E-state index < -0.39 is 17.5 Å². The minimum absolute atomic E-state index is 0.0199. The van der Waals surface area contributed by atoms with Gasteiger partial charge in [-0.2, -0.15) is 0 Å². The summed E-state index contributed by atoms with van der Waals surface area (Å²) in [4.78, 5) is 38.5. The van der Waals surface area contributed by atoms with Crippen LogP contribution in [0.1, 0.15) is 22.8 Å². The number of carbonyl (C=O) groups excluding carboxylic acids is 3. The van der Waals surface area contributed by atoms with Crippen LogP contribution < -0.4 is 15.4 Å². The van der Waals surface area contributed by atoms with Crippen LogP contribution in [0.25, 0.3) is 0 Å². The van der Waals surface area contributed by atoms with E-state index in [9.17, 15) is 14.4 Å². The second-order valence-corrected chi connectivity index (χ2v) is 5.95. The second kappa shape index (κ2) is 6.08. The predicted octanol–water partition coefficient (Wildman–Crippen LogP) is 1.36. The Morgan fingerprint density at radius 2 is 2.16 bits per heavy atom. The average Bonchev–Trinajstić information content (AvgIpc) is 3.05. The Kier molecular flexibility index (Phi) is 4.08. The summed E-state index contributed by atoms with van der Waals surface area (Å²) in [6, 6.07) is 4.71. The van der Waals surface area contributed by atoms with Gasteiger partial charge in [-0.25, -0.2) is 4.79 Å². The first kappa shape index (κ1) is 16.8. The number of nitrogens with zero attached hydrogens (tertiary/aromatic N) is 1. The summed E-state index contributed by atoms with van der Waals surface area (Å²) < 4.78 is 5.17. The van der Waals surface area contributed by atoms with Gasteiger partial charge in [0.05, 0.1) is 13.7 Å². The Bertz CT molecular complexity index is 815. The van der Waals surface area contributed by atoms with E-state index in [1.54, 1.807) is 30.0 Å². The number of hydrogen-bond donors (Lipinski definition) is 2. The lowest BCUT2D eigenvalue weighted by molar-refractivity contribution is -0.123. The number of methoxy groups -OCH3 is 1. The van der Waals surface area contributed by atoms with Crippen molar-refractivity contribution in [2.24, 2.45) is 0 Å². The number of amides is 4. The summed E-state index contributed by atoms with van der Waals surface area (Å²) in [5, 5.41) is 4.91. The number of allylic oxidation sites excluding steroid dienone is 1. The van der Waals surface area contributed by atoms with Crippen LogP contribution >= 0.6 is 0 Å². The molecule has 4 amide bonds. The Labute approximate surface area is 145 Å². The number of rotatable bonds is 5. The molecular weight excluding hydrogens is 322 g/mol. The quantitative estimate of drug-likeness (QED) is 0.625. The van der Waals surface area contributed by atoms with Crippen molar-refractivity contribution in [1.82, 2.24) is 15.5 Å². The van der Waals surface area contributed by atoms with Crippen LogP contribution in [-0.4, -0.2) is 41.9 Å². The molecule has 7 nitrogen and oxygen atoms in total. The Hall–Kier alpha value is -3.09. The number of carbonyl (C=O) groups is 3. The van der Waals surface area contributed by atoms with E-state index in [1.165, 1.54) is 13.2 Å². The first-order valence-corrected chi connectivity index (χ1v) is 7.84. The molecule has 7 heteroatoms. The van der Waals surface area contributed by atoms with Gasteiger partial charge >= 0.3 is 6.03 Å². The van der Waals surface area contributed by atoms with Crippen LogP contribution in [0, 0.1) is 0 Å². The molecule has 0 spiro atoms. The van der Waals surface area contributed by atoms with Crippen molar-refractivity contribution in [3.8, 4) is 5.75 Å². The zero-order chi connectivity index (χ0) is 18.2. The van der Waals surface area contributed by atoms with Crippen LogP contribution in [-0.2, 0) is 11.3 Å². The lowest BCUT2D eigenvalue weighted by Crippen LogP contribution is -2.56. The third kappa shape index (κ3) is 2.57. The van der Waals surface area contributed by atoms with Crippen molar-refractivity contribution in [3.63, 3.8) is 0 Å². The van der Waals surface area contributed by atoms with Crippen LogP contribution in [0.3, 0.4) is 0 Å². The van der Waals surface area contributed by atoms with Crippen LogP contribution in [0.4, 0.5) is 4.79 Å². The topological polar surface area (TPSA) is 87.7 Å². The molecule has 0 aliphatic carbocycles. The number of hydrogen-bond acceptors (Lipinski definition) is 4. The van der Waals surface area contributed by atoms with E-state index in [4.69, 9.17) is 4.74 Å². The molecule has 1 saturated heterocycles. The first-order valence-electron chi connectivity index (χ1n) is 7.84. The smallest absolute Gasteiger partial charge is 0.322 e. The van der Waals surface area contributed by atoms with E-state index in [0.717, 1.165) is 5.56 Å². The van der Waals surface area contributed by atoms with Crippen molar-refractivity contribution >= 4 is 17.8 Å². The molecule has 25 heavy (non-hydrogen) atoms. The van der Waals surface area contributed by atoms with E-state index in [1.807, 2.05) is 6.07 Å². The number of ether oxygens (including phenoxy) is 1. The van der Waals surface area contributed by atoms with E-state index in [-0.39, 0.29) is 12.5 Å². The zero-order valence-electron chi connectivity index (χ0n) is 14.1. The van der Waals surface area contributed by atoms with Gasteiger partial charge in [-0.1, -0.05) is 24.8 Å². The maximum absolute atomic E-state index is 12.8. The largest absolute Gasteiger partial charge is 0.497 e. The molecule has 0 saturated carbocycles. The third-order valence-electron chi connectivity index (χ3n) is 4.59. The molecule has 3 rings (SSSR count). The Morgan fingerprint density at radius 1 is 1.40 bits per heavy atom. The molecule has 2 N–H and O–H groups in total.